The maximum Gasteiger partial charge on any atom is 0.127 e. The molecule has 0 saturated carbocycles. The van der Waals surface area contributed by atoms with E-state index in [1.54, 1.807) is 39.3 Å². The van der Waals surface area contributed by atoms with E-state index >= 15 is 0 Å². The molecule has 106 valence electrons. The molecule has 20 heavy (non-hydrogen) atoms. The van der Waals surface area contributed by atoms with Gasteiger partial charge in [-0.2, -0.15) is 0 Å². The van der Waals surface area contributed by atoms with Crippen molar-refractivity contribution in [3.05, 3.63) is 58.9 Å². The first-order chi connectivity index (χ1) is 9.56. The monoisotopic (exact) mass is 294 g/mol. The number of benzene rings is 2. The number of alkyl halides is 1. The van der Waals surface area contributed by atoms with Gasteiger partial charge in [0.2, 0.25) is 0 Å². The molecule has 0 bridgehead atoms. The average molecular weight is 295 g/mol. The normalized spacial score (nSPS) is 12.1. The third-order valence-electron chi connectivity index (χ3n) is 3.19. The summed E-state index contributed by atoms with van der Waals surface area (Å²) in [6.07, 6.45) is 0. The lowest BCUT2D eigenvalue weighted by Crippen LogP contribution is -1.99. The summed E-state index contributed by atoms with van der Waals surface area (Å²) >= 11 is 6.49. The van der Waals surface area contributed by atoms with E-state index in [-0.39, 0.29) is 5.82 Å². The van der Waals surface area contributed by atoms with E-state index in [1.807, 2.05) is 12.1 Å². The Morgan fingerprint density at radius 2 is 1.80 bits per heavy atom. The number of methoxy groups -OCH3 is 2. The van der Waals surface area contributed by atoms with Crippen LogP contribution in [0.5, 0.6) is 11.5 Å². The van der Waals surface area contributed by atoms with Crippen molar-refractivity contribution in [1.82, 2.24) is 0 Å². The molecule has 2 aromatic carbocycles. The Morgan fingerprint density at radius 3 is 2.40 bits per heavy atom. The third kappa shape index (κ3) is 2.88. The van der Waals surface area contributed by atoms with E-state index < -0.39 is 5.38 Å². The van der Waals surface area contributed by atoms with Crippen LogP contribution in [0, 0.1) is 12.7 Å². The topological polar surface area (TPSA) is 18.5 Å². The summed E-state index contributed by atoms with van der Waals surface area (Å²) in [4.78, 5) is 0. The van der Waals surface area contributed by atoms with Crippen molar-refractivity contribution >= 4 is 11.6 Å². The molecule has 0 aliphatic heterocycles. The van der Waals surface area contributed by atoms with Crippen LogP contribution in [0.25, 0.3) is 0 Å². The molecule has 0 amide bonds. The first-order valence-electron chi connectivity index (χ1n) is 6.19. The maximum absolute atomic E-state index is 13.3. The van der Waals surface area contributed by atoms with Gasteiger partial charge in [0.1, 0.15) is 17.3 Å². The van der Waals surface area contributed by atoms with Gasteiger partial charge in [-0.1, -0.05) is 12.1 Å². The van der Waals surface area contributed by atoms with Crippen LogP contribution in [-0.4, -0.2) is 14.2 Å². The highest BCUT2D eigenvalue weighted by Gasteiger charge is 2.17. The Hall–Kier alpha value is -1.74. The van der Waals surface area contributed by atoms with Crippen LogP contribution in [0.4, 0.5) is 4.39 Å². The van der Waals surface area contributed by atoms with Gasteiger partial charge < -0.3 is 9.47 Å². The number of hydrogen-bond acceptors (Lipinski definition) is 2. The number of hydrogen-bond donors (Lipinski definition) is 0. The Labute approximate surface area is 123 Å². The molecule has 4 heteroatoms. The zero-order valence-corrected chi connectivity index (χ0v) is 12.4. The van der Waals surface area contributed by atoms with Crippen molar-refractivity contribution in [2.45, 2.75) is 12.3 Å². The lowest BCUT2D eigenvalue weighted by molar-refractivity contribution is 0.391. The van der Waals surface area contributed by atoms with Crippen LogP contribution < -0.4 is 9.47 Å². The summed E-state index contributed by atoms with van der Waals surface area (Å²) in [5.41, 5.74) is 2.22. The summed E-state index contributed by atoms with van der Waals surface area (Å²) in [5, 5.41) is -0.407. The highest BCUT2D eigenvalue weighted by Crippen LogP contribution is 2.37. The van der Waals surface area contributed by atoms with Crippen LogP contribution in [0.2, 0.25) is 0 Å². The van der Waals surface area contributed by atoms with Crippen LogP contribution in [0.1, 0.15) is 22.1 Å². The maximum atomic E-state index is 13.3. The summed E-state index contributed by atoms with van der Waals surface area (Å²) in [6.45, 7) is 1.72. The molecule has 1 unspecified atom stereocenters. The van der Waals surface area contributed by atoms with Crippen LogP contribution >= 0.6 is 11.6 Å². The van der Waals surface area contributed by atoms with Gasteiger partial charge in [-0.15, -0.1) is 11.6 Å². The largest absolute Gasteiger partial charge is 0.497 e. The van der Waals surface area contributed by atoms with Crippen molar-refractivity contribution in [2.24, 2.45) is 0 Å². The second-order valence-corrected chi connectivity index (χ2v) is 4.92. The molecule has 0 aliphatic carbocycles. The van der Waals surface area contributed by atoms with Gasteiger partial charge in [0, 0.05) is 11.6 Å². The zero-order valence-electron chi connectivity index (χ0n) is 11.6. The molecule has 1 atom stereocenters. The van der Waals surface area contributed by atoms with Gasteiger partial charge >= 0.3 is 0 Å². The van der Waals surface area contributed by atoms with Crippen molar-refractivity contribution in [3.63, 3.8) is 0 Å². The standard InChI is InChI=1S/C16H16ClFO2/c1-10-8-11(4-7-14(10)18)16(17)13-6-5-12(19-2)9-15(13)20-3/h4-9,16H,1-3H3. The fourth-order valence-electron chi connectivity index (χ4n) is 2.03. The lowest BCUT2D eigenvalue weighted by atomic mass is 10.0. The van der Waals surface area contributed by atoms with E-state index in [4.69, 9.17) is 21.1 Å². The van der Waals surface area contributed by atoms with Crippen LogP contribution in [0.15, 0.2) is 36.4 Å². The van der Waals surface area contributed by atoms with Gasteiger partial charge in [-0.25, -0.2) is 4.39 Å². The second kappa shape index (κ2) is 6.14. The number of ether oxygens (including phenoxy) is 2. The molecule has 2 nitrogen and oxygen atoms in total. The molecule has 2 rings (SSSR count). The molecule has 0 N–H and O–H groups in total. The van der Waals surface area contributed by atoms with Gasteiger partial charge in [-0.3, -0.25) is 0 Å². The average Bonchev–Trinajstić information content (AvgIpc) is 2.48. The number of aryl methyl sites for hydroxylation is 1. The number of rotatable bonds is 4. The van der Waals surface area contributed by atoms with Crippen LogP contribution in [-0.2, 0) is 0 Å². The molecule has 0 saturated heterocycles. The molecule has 0 radical (unpaired) electrons. The Morgan fingerprint density at radius 1 is 1.05 bits per heavy atom. The first-order valence-corrected chi connectivity index (χ1v) is 6.62. The van der Waals surface area contributed by atoms with Gasteiger partial charge in [-0.05, 0) is 36.2 Å². The third-order valence-corrected chi connectivity index (χ3v) is 3.68. The Bertz CT molecular complexity index is 613. The second-order valence-electron chi connectivity index (χ2n) is 4.48. The summed E-state index contributed by atoms with van der Waals surface area (Å²) < 4.78 is 23.8. The zero-order chi connectivity index (χ0) is 14.7. The minimum Gasteiger partial charge on any atom is -0.497 e. The van der Waals surface area contributed by atoms with E-state index in [9.17, 15) is 4.39 Å². The summed E-state index contributed by atoms with van der Waals surface area (Å²) in [5.74, 6) is 1.11. The Balaban J connectivity index is 2.41. The minimum atomic E-state index is -0.407. The van der Waals surface area contributed by atoms with E-state index in [1.165, 1.54) is 6.07 Å². The summed E-state index contributed by atoms with van der Waals surface area (Å²) in [6, 6.07) is 10.3. The van der Waals surface area contributed by atoms with Gasteiger partial charge in [0.25, 0.3) is 0 Å². The lowest BCUT2D eigenvalue weighted by Gasteiger charge is -2.16. The fraction of sp³-hybridized carbons (Fsp3) is 0.250. The SMILES string of the molecule is COc1ccc(C(Cl)c2ccc(F)c(C)c2)c(OC)c1. The molecule has 2 aromatic rings. The van der Waals surface area contributed by atoms with Crippen LogP contribution in [0.3, 0.4) is 0 Å². The first kappa shape index (κ1) is 14.7. The molecule has 0 aromatic heterocycles. The minimum absolute atomic E-state index is 0.237. The molecule has 0 heterocycles. The van der Waals surface area contributed by atoms with Gasteiger partial charge in [0.15, 0.2) is 0 Å². The summed E-state index contributed by atoms with van der Waals surface area (Å²) in [7, 11) is 3.17. The Kier molecular flexibility index (Phi) is 4.50. The van der Waals surface area contributed by atoms with E-state index in [0.29, 0.717) is 17.1 Å². The predicted octanol–water partition coefficient (Wildman–Crippen LogP) is 4.48. The predicted molar refractivity (Wildman–Crippen MR) is 78.4 cm³/mol. The quantitative estimate of drug-likeness (QED) is 0.774. The molecule has 0 spiro atoms. The molecular formula is C16H16ClFO2. The molecule has 0 fully saturated rings. The van der Waals surface area contributed by atoms with E-state index in [0.717, 1.165) is 11.1 Å². The van der Waals surface area contributed by atoms with Crippen molar-refractivity contribution in [3.8, 4) is 11.5 Å². The highest BCUT2D eigenvalue weighted by atomic mass is 35.5. The van der Waals surface area contributed by atoms with Gasteiger partial charge in [0.05, 0.1) is 19.6 Å². The molecule has 0 aliphatic rings. The number of halogens is 2. The van der Waals surface area contributed by atoms with Crippen molar-refractivity contribution in [1.29, 1.82) is 0 Å². The van der Waals surface area contributed by atoms with Crippen molar-refractivity contribution < 1.29 is 13.9 Å². The fourth-order valence-corrected chi connectivity index (χ4v) is 2.35. The van der Waals surface area contributed by atoms with E-state index in [2.05, 4.69) is 0 Å². The highest BCUT2D eigenvalue weighted by molar-refractivity contribution is 6.22. The van der Waals surface area contributed by atoms with Crippen molar-refractivity contribution in [2.75, 3.05) is 14.2 Å². The smallest absolute Gasteiger partial charge is 0.127 e. The molecular weight excluding hydrogens is 279 g/mol.